The molecule has 1 amide bonds. The predicted octanol–water partition coefficient (Wildman–Crippen LogP) is 3.91. The van der Waals surface area contributed by atoms with Crippen molar-refractivity contribution in [3.63, 3.8) is 0 Å². The van der Waals surface area contributed by atoms with Crippen LogP contribution in [0.4, 0.5) is 4.39 Å². The number of rotatable bonds is 6. The topological polar surface area (TPSA) is 105 Å². The molecule has 2 aliphatic rings. The maximum atomic E-state index is 13.6. The van der Waals surface area contributed by atoms with Gasteiger partial charge in [-0.05, 0) is 73.2 Å². The van der Waals surface area contributed by atoms with Gasteiger partial charge in [-0.25, -0.2) is 9.40 Å². The van der Waals surface area contributed by atoms with Crippen LogP contribution >= 0.6 is 11.8 Å². The van der Waals surface area contributed by atoms with Crippen molar-refractivity contribution in [1.82, 2.24) is 24.6 Å². The molecular weight excluding hydrogens is 507 g/mol. The van der Waals surface area contributed by atoms with Crippen LogP contribution in [0.25, 0.3) is 5.78 Å². The van der Waals surface area contributed by atoms with Gasteiger partial charge in [0.2, 0.25) is 5.78 Å². The molecule has 1 aliphatic carbocycles. The van der Waals surface area contributed by atoms with E-state index in [0.29, 0.717) is 17.4 Å². The standard InChI is InChI=1S/C27H25FN6O3S/c1-37-19-12-8-16(9-13-19)21-14-23(17-6-10-18(28)11-7-17)34(32-21)24(35)15-38-27-31-30-26-29-25(36)20-4-2-3-5-22(20)33(26)27/h6-13,23H,2-5,14-15H2,1H3,(H,29,30,36). The normalized spacial score (nSPS) is 16.9. The molecular formula is C27H25FN6O3S. The third-order valence-corrected chi connectivity index (χ3v) is 7.92. The molecule has 1 atom stereocenters. The average molecular weight is 533 g/mol. The highest BCUT2D eigenvalue weighted by Gasteiger charge is 2.33. The quantitative estimate of drug-likeness (QED) is 0.378. The molecule has 0 spiro atoms. The summed E-state index contributed by atoms with van der Waals surface area (Å²) in [6.45, 7) is 0. The molecule has 0 radical (unpaired) electrons. The number of aromatic nitrogens is 4. The number of thioether (sulfide) groups is 1. The molecule has 2 aromatic heterocycles. The zero-order chi connectivity index (χ0) is 26.2. The Hall–Kier alpha value is -3.99. The second-order valence-electron chi connectivity index (χ2n) is 9.30. The van der Waals surface area contributed by atoms with E-state index < -0.39 is 0 Å². The van der Waals surface area contributed by atoms with Crippen LogP contribution in [-0.2, 0) is 17.6 Å². The van der Waals surface area contributed by atoms with Crippen LogP contribution < -0.4 is 10.3 Å². The van der Waals surface area contributed by atoms with Gasteiger partial charge in [0, 0.05) is 17.7 Å². The molecule has 194 valence electrons. The summed E-state index contributed by atoms with van der Waals surface area (Å²) in [6.07, 6.45) is 3.94. The largest absolute Gasteiger partial charge is 0.497 e. The number of H-pyrrole nitrogens is 1. The number of hydrogen-bond acceptors (Lipinski definition) is 7. The lowest BCUT2D eigenvalue weighted by molar-refractivity contribution is -0.130. The lowest BCUT2D eigenvalue weighted by atomic mass is 9.97. The van der Waals surface area contributed by atoms with Gasteiger partial charge in [-0.2, -0.15) is 5.10 Å². The van der Waals surface area contributed by atoms with Crippen molar-refractivity contribution < 1.29 is 13.9 Å². The molecule has 11 heteroatoms. The first-order valence-electron chi connectivity index (χ1n) is 12.4. The molecule has 0 saturated heterocycles. The summed E-state index contributed by atoms with van der Waals surface area (Å²) >= 11 is 1.26. The fourth-order valence-electron chi connectivity index (χ4n) is 5.08. The number of carbonyl (C=O) groups is 1. The minimum atomic E-state index is -0.361. The molecule has 1 unspecified atom stereocenters. The molecule has 9 nitrogen and oxygen atoms in total. The summed E-state index contributed by atoms with van der Waals surface area (Å²) in [7, 11) is 1.61. The van der Waals surface area contributed by atoms with E-state index in [4.69, 9.17) is 9.84 Å². The van der Waals surface area contributed by atoms with Crippen LogP contribution in [0.5, 0.6) is 5.75 Å². The van der Waals surface area contributed by atoms with Gasteiger partial charge in [0.15, 0.2) is 5.16 Å². The molecule has 0 saturated carbocycles. The van der Waals surface area contributed by atoms with Gasteiger partial charge in [0.05, 0.1) is 24.6 Å². The molecule has 38 heavy (non-hydrogen) atoms. The van der Waals surface area contributed by atoms with E-state index in [2.05, 4.69) is 15.2 Å². The molecule has 1 N–H and O–H groups in total. The van der Waals surface area contributed by atoms with Crippen LogP contribution in [-0.4, -0.2) is 49.1 Å². The number of fused-ring (bicyclic) bond motifs is 3. The van der Waals surface area contributed by atoms with Crippen LogP contribution in [0, 0.1) is 5.82 Å². The van der Waals surface area contributed by atoms with Gasteiger partial charge >= 0.3 is 0 Å². The molecule has 6 rings (SSSR count). The van der Waals surface area contributed by atoms with E-state index in [-0.39, 0.29) is 29.1 Å². The van der Waals surface area contributed by atoms with Crippen molar-refractivity contribution in [3.8, 4) is 5.75 Å². The summed E-state index contributed by atoms with van der Waals surface area (Å²) in [4.78, 5) is 28.8. The fourth-order valence-corrected chi connectivity index (χ4v) is 5.89. The second-order valence-corrected chi connectivity index (χ2v) is 10.2. The molecule has 1 aliphatic heterocycles. The molecule has 3 heterocycles. The predicted molar refractivity (Wildman–Crippen MR) is 141 cm³/mol. The number of carbonyl (C=O) groups excluding carboxylic acids is 1. The fraction of sp³-hybridized carbons (Fsp3) is 0.296. The highest BCUT2D eigenvalue weighted by Crippen LogP contribution is 2.34. The van der Waals surface area contributed by atoms with Crippen molar-refractivity contribution in [2.75, 3.05) is 12.9 Å². The Bertz CT molecular complexity index is 1600. The van der Waals surface area contributed by atoms with Crippen molar-refractivity contribution >= 4 is 29.2 Å². The number of ether oxygens (including phenoxy) is 1. The number of amides is 1. The zero-order valence-electron chi connectivity index (χ0n) is 20.7. The molecule has 2 aromatic carbocycles. The minimum Gasteiger partial charge on any atom is -0.497 e. The van der Waals surface area contributed by atoms with E-state index in [9.17, 15) is 14.0 Å². The second kappa shape index (κ2) is 10.1. The maximum absolute atomic E-state index is 13.6. The van der Waals surface area contributed by atoms with Crippen LogP contribution in [0.2, 0.25) is 0 Å². The van der Waals surface area contributed by atoms with Gasteiger partial charge in [0.25, 0.3) is 11.5 Å². The Morgan fingerprint density at radius 2 is 1.87 bits per heavy atom. The lowest BCUT2D eigenvalue weighted by Gasteiger charge is -2.22. The number of hydrogen-bond donors (Lipinski definition) is 1. The number of nitrogens with one attached hydrogen (secondary N) is 1. The van der Waals surface area contributed by atoms with E-state index in [0.717, 1.165) is 59.5 Å². The maximum Gasteiger partial charge on any atom is 0.255 e. The molecule has 0 bridgehead atoms. The summed E-state index contributed by atoms with van der Waals surface area (Å²) in [5, 5.41) is 15.1. The Balaban J connectivity index is 1.28. The summed E-state index contributed by atoms with van der Waals surface area (Å²) in [6, 6.07) is 13.3. The van der Waals surface area contributed by atoms with Gasteiger partial charge in [-0.3, -0.25) is 19.0 Å². The number of benzene rings is 2. The number of methoxy groups -OCH3 is 1. The molecule has 4 aromatic rings. The zero-order valence-corrected chi connectivity index (χ0v) is 21.5. The van der Waals surface area contributed by atoms with Gasteiger partial charge in [0.1, 0.15) is 11.6 Å². The van der Waals surface area contributed by atoms with E-state index in [1.165, 1.54) is 28.9 Å². The van der Waals surface area contributed by atoms with E-state index in [1.54, 1.807) is 19.2 Å². The monoisotopic (exact) mass is 532 g/mol. The van der Waals surface area contributed by atoms with Gasteiger partial charge in [-0.15, -0.1) is 10.2 Å². The number of halogens is 1. The van der Waals surface area contributed by atoms with Gasteiger partial charge in [-0.1, -0.05) is 23.9 Å². The summed E-state index contributed by atoms with van der Waals surface area (Å²) in [5.41, 5.74) is 4.02. The van der Waals surface area contributed by atoms with Gasteiger partial charge < -0.3 is 4.74 Å². The van der Waals surface area contributed by atoms with Crippen LogP contribution in [0.15, 0.2) is 63.6 Å². The molecule has 0 fully saturated rings. The third-order valence-electron chi connectivity index (χ3n) is 7.01. The Morgan fingerprint density at radius 1 is 1.11 bits per heavy atom. The Kier molecular flexibility index (Phi) is 6.44. The van der Waals surface area contributed by atoms with Crippen LogP contribution in [0.3, 0.4) is 0 Å². The minimum absolute atomic E-state index is 0.0752. The third kappa shape index (κ3) is 4.47. The van der Waals surface area contributed by atoms with E-state index in [1.807, 2.05) is 28.7 Å². The van der Waals surface area contributed by atoms with Crippen molar-refractivity contribution in [3.05, 3.63) is 87.1 Å². The number of nitrogens with zero attached hydrogens (tertiary/aromatic N) is 5. The van der Waals surface area contributed by atoms with E-state index >= 15 is 0 Å². The first-order valence-corrected chi connectivity index (χ1v) is 13.4. The number of aromatic amines is 1. The highest BCUT2D eigenvalue weighted by atomic mass is 32.2. The number of hydrazone groups is 1. The smallest absolute Gasteiger partial charge is 0.255 e. The first kappa shape index (κ1) is 24.4. The SMILES string of the molecule is COc1ccc(C2=NN(C(=O)CSc3nnc4[nH]c(=O)c5c(n34)CCCC5)C(c3ccc(F)cc3)C2)cc1. The Labute approximate surface area is 221 Å². The van der Waals surface area contributed by atoms with Crippen molar-refractivity contribution in [2.24, 2.45) is 5.10 Å². The van der Waals surface area contributed by atoms with Crippen molar-refractivity contribution in [2.45, 2.75) is 43.3 Å². The van der Waals surface area contributed by atoms with Crippen LogP contribution in [0.1, 0.15) is 47.7 Å². The van der Waals surface area contributed by atoms with Crippen molar-refractivity contribution in [1.29, 1.82) is 0 Å². The summed E-state index contributed by atoms with van der Waals surface area (Å²) < 4.78 is 20.8. The number of aryl methyl sites for hydroxylation is 1. The summed E-state index contributed by atoms with van der Waals surface area (Å²) in [5.74, 6) is 0.650. The highest BCUT2D eigenvalue weighted by molar-refractivity contribution is 7.99. The first-order chi connectivity index (χ1) is 18.5. The lowest BCUT2D eigenvalue weighted by Crippen LogP contribution is -2.28. The Morgan fingerprint density at radius 3 is 2.63 bits per heavy atom. The average Bonchev–Trinajstić information content (AvgIpc) is 3.57.